The minimum atomic E-state index is -0.339. The lowest BCUT2D eigenvalue weighted by Gasteiger charge is -2.59. The average Bonchev–Trinajstić information content (AvgIpc) is 2.66. The van der Waals surface area contributed by atoms with Crippen LogP contribution >= 0.6 is 11.8 Å². The molecule has 1 aromatic carbocycles. The van der Waals surface area contributed by atoms with Gasteiger partial charge in [-0.1, -0.05) is 17.7 Å². The van der Waals surface area contributed by atoms with Gasteiger partial charge in [0.2, 0.25) is 0 Å². The smallest absolute Gasteiger partial charge is 0.316 e. The molecule has 1 N–H and O–H groups in total. The number of ether oxygens (including phenoxy) is 1. The van der Waals surface area contributed by atoms with Gasteiger partial charge in [0, 0.05) is 10.9 Å². The average molecular weight is 416 g/mol. The molecule has 0 saturated heterocycles. The Hall–Kier alpha value is -1.49. The molecule has 1 amide bonds. The van der Waals surface area contributed by atoms with Crippen LogP contribution in [-0.4, -0.2) is 30.3 Å². The van der Waals surface area contributed by atoms with Crippen LogP contribution in [0, 0.1) is 37.0 Å². The zero-order valence-corrected chi connectivity index (χ0v) is 18.6. The molecule has 4 bridgehead atoms. The van der Waals surface area contributed by atoms with Crippen molar-refractivity contribution in [2.45, 2.75) is 70.2 Å². The summed E-state index contributed by atoms with van der Waals surface area (Å²) in [5.74, 6) is 2.30. The summed E-state index contributed by atoms with van der Waals surface area (Å²) in [7, 11) is 0. The molecule has 0 spiro atoms. The second-order valence-corrected chi connectivity index (χ2v) is 10.8. The third kappa shape index (κ3) is 4.65. The lowest BCUT2D eigenvalue weighted by molar-refractivity contribution is -0.147. The van der Waals surface area contributed by atoms with Crippen LogP contribution in [0.5, 0.6) is 0 Å². The number of amides is 1. The van der Waals surface area contributed by atoms with Gasteiger partial charge in [-0.15, -0.1) is 11.8 Å². The highest BCUT2D eigenvalue weighted by Crippen LogP contribution is 2.61. The molecule has 1 atom stereocenters. The molecule has 5 rings (SSSR count). The Labute approximate surface area is 178 Å². The van der Waals surface area contributed by atoms with E-state index in [2.05, 4.69) is 30.4 Å². The molecule has 0 unspecified atom stereocenters. The first kappa shape index (κ1) is 20.8. The van der Waals surface area contributed by atoms with E-state index in [1.54, 1.807) is 0 Å². The fourth-order valence-electron chi connectivity index (χ4n) is 6.33. The molecule has 4 saturated carbocycles. The van der Waals surface area contributed by atoms with Crippen molar-refractivity contribution < 1.29 is 14.3 Å². The maximum absolute atomic E-state index is 12.4. The van der Waals surface area contributed by atoms with Crippen LogP contribution in [0.15, 0.2) is 23.1 Å². The summed E-state index contributed by atoms with van der Waals surface area (Å²) in [5, 5.41) is 3.16. The number of hydrogen-bond donors (Lipinski definition) is 1. The maximum Gasteiger partial charge on any atom is 0.316 e. The van der Waals surface area contributed by atoms with Crippen molar-refractivity contribution >= 4 is 23.6 Å². The second kappa shape index (κ2) is 8.33. The van der Waals surface area contributed by atoms with Crippen LogP contribution in [0.25, 0.3) is 0 Å². The number of nitrogens with one attached hydrogen (secondary N) is 1. The highest BCUT2D eigenvalue weighted by Gasteiger charge is 2.53. The van der Waals surface area contributed by atoms with E-state index in [9.17, 15) is 9.59 Å². The standard InChI is InChI=1S/C24H33NO3S/c1-15-4-5-16(2)21(6-15)29-14-23(27)28-13-22(26)25-17(3)24-10-18-7-19(11-24)9-20(8-18)12-24/h4-6,17-20H,7-14H2,1-3H3,(H,25,26)/t17-,18?,19?,20?,24?/m0/s1. The van der Waals surface area contributed by atoms with E-state index < -0.39 is 0 Å². The molecule has 29 heavy (non-hydrogen) atoms. The number of thioether (sulfide) groups is 1. The van der Waals surface area contributed by atoms with Gasteiger partial charge in [0.05, 0.1) is 5.75 Å². The third-order valence-corrected chi connectivity index (χ3v) is 8.57. The largest absolute Gasteiger partial charge is 0.455 e. The SMILES string of the molecule is Cc1ccc(C)c(SCC(=O)OCC(=O)N[C@@H](C)C23CC4CC(CC(C4)C2)C3)c1. The molecule has 1 aromatic rings. The van der Waals surface area contributed by atoms with Gasteiger partial charge < -0.3 is 10.1 Å². The summed E-state index contributed by atoms with van der Waals surface area (Å²) in [6, 6.07) is 6.36. The molecule has 0 radical (unpaired) electrons. The predicted molar refractivity (Wildman–Crippen MR) is 116 cm³/mol. The first-order chi connectivity index (χ1) is 13.8. The molecular formula is C24H33NO3S. The Kier molecular flexibility index (Phi) is 5.97. The van der Waals surface area contributed by atoms with E-state index in [1.807, 2.05) is 13.8 Å². The van der Waals surface area contributed by atoms with Crippen LogP contribution < -0.4 is 5.32 Å². The quantitative estimate of drug-likeness (QED) is 0.520. The Morgan fingerprint density at radius 3 is 2.38 bits per heavy atom. The monoisotopic (exact) mass is 415 g/mol. The Morgan fingerprint density at radius 1 is 1.14 bits per heavy atom. The lowest BCUT2D eigenvalue weighted by Crippen LogP contribution is -2.56. The minimum absolute atomic E-state index is 0.159. The van der Waals surface area contributed by atoms with Crippen molar-refractivity contribution in [2.24, 2.45) is 23.2 Å². The van der Waals surface area contributed by atoms with Crippen molar-refractivity contribution in [1.29, 1.82) is 0 Å². The molecule has 158 valence electrons. The molecule has 5 heteroatoms. The Morgan fingerprint density at radius 2 is 1.76 bits per heavy atom. The highest BCUT2D eigenvalue weighted by molar-refractivity contribution is 8.00. The van der Waals surface area contributed by atoms with Gasteiger partial charge in [-0.05, 0) is 94.1 Å². The zero-order chi connectivity index (χ0) is 20.6. The van der Waals surface area contributed by atoms with E-state index in [4.69, 9.17) is 4.74 Å². The minimum Gasteiger partial charge on any atom is -0.455 e. The number of esters is 1. The zero-order valence-electron chi connectivity index (χ0n) is 17.8. The van der Waals surface area contributed by atoms with E-state index >= 15 is 0 Å². The molecule has 0 aromatic heterocycles. The fourth-order valence-corrected chi connectivity index (χ4v) is 7.25. The van der Waals surface area contributed by atoms with Gasteiger partial charge in [0.1, 0.15) is 0 Å². The molecule has 4 aliphatic carbocycles. The fraction of sp³-hybridized carbons (Fsp3) is 0.667. The van der Waals surface area contributed by atoms with E-state index in [1.165, 1.54) is 55.9 Å². The Balaban J connectivity index is 1.23. The summed E-state index contributed by atoms with van der Waals surface area (Å²) >= 11 is 1.47. The van der Waals surface area contributed by atoms with Gasteiger partial charge in [-0.2, -0.15) is 0 Å². The number of benzene rings is 1. The van der Waals surface area contributed by atoms with Crippen LogP contribution in [0.3, 0.4) is 0 Å². The highest BCUT2D eigenvalue weighted by atomic mass is 32.2. The van der Waals surface area contributed by atoms with Crippen molar-refractivity contribution in [2.75, 3.05) is 12.4 Å². The lowest BCUT2D eigenvalue weighted by atomic mass is 9.48. The molecule has 4 nitrogen and oxygen atoms in total. The van der Waals surface area contributed by atoms with Crippen molar-refractivity contribution in [1.82, 2.24) is 5.32 Å². The van der Waals surface area contributed by atoms with Crippen LogP contribution in [0.4, 0.5) is 0 Å². The van der Waals surface area contributed by atoms with Crippen LogP contribution in [0.2, 0.25) is 0 Å². The molecule has 4 aliphatic rings. The van der Waals surface area contributed by atoms with Gasteiger partial charge in [-0.25, -0.2) is 0 Å². The summed E-state index contributed by atoms with van der Waals surface area (Å²) in [5.41, 5.74) is 2.59. The first-order valence-corrected chi connectivity index (χ1v) is 12.0. The van der Waals surface area contributed by atoms with E-state index in [0.29, 0.717) is 0 Å². The number of carbonyl (C=O) groups excluding carboxylic acids is 2. The molecule has 4 fully saturated rings. The first-order valence-electron chi connectivity index (χ1n) is 11.0. The summed E-state index contributed by atoms with van der Waals surface area (Å²) < 4.78 is 5.24. The topological polar surface area (TPSA) is 55.4 Å². The summed E-state index contributed by atoms with van der Waals surface area (Å²) in [6.45, 7) is 6.05. The van der Waals surface area contributed by atoms with Crippen LogP contribution in [-0.2, 0) is 14.3 Å². The van der Waals surface area contributed by atoms with Crippen molar-refractivity contribution in [3.05, 3.63) is 29.3 Å². The second-order valence-electron chi connectivity index (χ2n) is 9.79. The van der Waals surface area contributed by atoms with E-state index in [0.717, 1.165) is 28.2 Å². The predicted octanol–water partition coefficient (Wildman–Crippen LogP) is 4.66. The normalized spacial score (nSPS) is 30.8. The molecular weight excluding hydrogens is 382 g/mol. The number of rotatable bonds is 7. The van der Waals surface area contributed by atoms with Gasteiger partial charge in [0.15, 0.2) is 6.61 Å². The number of hydrogen-bond acceptors (Lipinski definition) is 4. The Bertz CT molecular complexity index is 755. The molecule has 0 heterocycles. The third-order valence-electron chi connectivity index (χ3n) is 7.44. The summed E-state index contributed by atoms with van der Waals surface area (Å²) in [4.78, 5) is 25.6. The van der Waals surface area contributed by atoms with Crippen molar-refractivity contribution in [3.8, 4) is 0 Å². The van der Waals surface area contributed by atoms with Crippen molar-refractivity contribution in [3.63, 3.8) is 0 Å². The number of aryl methyl sites for hydroxylation is 2. The van der Waals surface area contributed by atoms with Gasteiger partial charge in [0.25, 0.3) is 5.91 Å². The number of carbonyl (C=O) groups is 2. The van der Waals surface area contributed by atoms with E-state index in [-0.39, 0.29) is 35.7 Å². The molecule has 0 aliphatic heterocycles. The van der Waals surface area contributed by atoms with Crippen LogP contribution in [0.1, 0.15) is 56.6 Å². The van der Waals surface area contributed by atoms with Gasteiger partial charge in [-0.3, -0.25) is 9.59 Å². The maximum atomic E-state index is 12.4. The summed E-state index contributed by atoms with van der Waals surface area (Å²) in [6.07, 6.45) is 7.97. The van der Waals surface area contributed by atoms with Gasteiger partial charge >= 0.3 is 5.97 Å².